The molecule has 0 radical (unpaired) electrons. The molecule has 0 amide bonds. The van der Waals surface area contributed by atoms with Crippen LogP contribution in [0, 0.1) is 0 Å². The van der Waals surface area contributed by atoms with E-state index in [0.717, 1.165) is 4.47 Å². The molecule has 0 saturated carbocycles. The lowest BCUT2D eigenvalue weighted by molar-refractivity contribution is 0.566. The first-order chi connectivity index (χ1) is 5.88. The van der Waals surface area contributed by atoms with E-state index in [4.69, 9.17) is 4.42 Å². The van der Waals surface area contributed by atoms with E-state index in [-0.39, 0.29) is 0 Å². The SMILES string of the molecule is Brc1cccnc1-c1nnco1. The van der Waals surface area contributed by atoms with Crippen molar-refractivity contribution in [2.45, 2.75) is 0 Å². The van der Waals surface area contributed by atoms with Crippen LogP contribution >= 0.6 is 15.9 Å². The van der Waals surface area contributed by atoms with Gasteiger partial charge in [0, 0.05) is 10.7 Å². The molecule has 0 unspecified atom stereocenters. The lowest BCUT2D eigenvalue weighted by atomic mass is 10.3. The van der Waals surface area contributed by atoms with Crippen LogP contribution in [0.2, 0.25) is 0 Å². The summed E-state index contributed by atoms with van der Waals surface area (Å²) in [6, 6.07) is 3.69. The smallest absolute Gasteiger partial charge is 0.267 e. The van der Waals surface area contributed by atoms with Crippen LogP contribution in [0.3, 0.4) is 0 Å². The Balaban J connectivity index is 2.55. The van der Waals surface area contributed by atoms with Crippen LogP contribution in [-0.4, -0.2) is 15.2 Å². The Kier molecular flexibility index (Phi) is 1.87. The summed E-state index contributed by atoms with van der Waals surface area (Å²) in [5, 5.41) is 7.30. The molecule has 2 aromatic heterocycles. The minimum absolute atomic E-state index is 0.419. The minimum Gasteiger partial charge on any atom is -0.422 e. The second kappa shape index (κ2) is 3.02. The molecule has 2 aromatic rings. The first-order valence-corrected chi connectivity index (χ1v) is 4.04. The molecule has 60 valence electrons. The van der Waals surface area contributed by atoms with Gasteiger partial charge in [-0.3, -0.25) is 0 Å². The number of hydrogen-bond acceptors (Lipinski definition) is 4. The number of nitrogens with zero attached hydrogens (tertiary/aromatic N) is 3. The van der Waals surface area contributed by atoms with Gasteiger partial charge in [0.05, 0.1) is 0 Å². The maximum atomic E-state index is 4.99. The Bertz CT molecular complexity index is 374. The third-order valence-electron chi connectivity index (χ3n) is 1.32. The van der Waals surface area contributed by atoms with Crippen LogP contribution < -0.4 is 0 Å². The third kappa shape index (κ3) is 1.23. The summed E-state index contributed by atoms with van der Waals surface area (Å²) in [7, 11) is 0. The summed E-state index contributed by atoms with van der Waals surface area (Å²) >= 11 is 3.33. The Morgan fingerprint density at radius 3 is 3.00 bits per heavy atom. The number of pyridine rings is 1. The Morgan fingerprint density at radius 1 is 1.42 bits per heavy atom. The average molecular weight is 226 g/mol. The van der Waals surface area contributed by atoms with Crippen molar-refractivity contribution in [3.63, 3.8) is 0 Å². The molecule has 2 heterocycles. The fourth-order valence-corrected chi connectivity index (χ4v) is 1.24. The van der Waals surface area contributed by atoms with Crippen molar-refractivity contribution in [2.75, 3.05) is 0 Å². The van der Waals surface area contributed by atoms with Crippen molar-refractivity contribution in [2.24, 2.45) is 0 Å². The van der Waals surface area contributed by atoms with E-state index in [1.54, 1.807) is 6.20 Å². The Labute approximate surface area is 76.8 Å². The van der Waals surface area contributed by atoms with Gasteiger partial charge in [-0.1, -0.05) is 0 Å². The molecule has 0 aliphatic rings. The molecule has 0 atom stereocenters. The van der Waals surface area contributed by atoms with E-state index < -0.39 is 0 Å². The van der Waals surface area contributed by atoms with Gasteiger partial charge in [-0.05, 0) is 28.1 Å². The molecule has 0 spiro atoms. The highest BCUT2D eigenvalue weighted by Gasteiger charge is 2.07. The first-order valence-electron chi connectivity index (χ1n) is 3.25. The van der Waals surface area contributed by atoms with E-state index in [0.29, 0.717) is 11.6 Å². The average Bonchev–Trinajstić information content (AvgIpc) is 2.57. The quantitative estimate of drug-likeness (QED) is 0.744. The number of hydrogen-bond donors (Lipinski definition) is 0. The first kappa shape index (κ1) is 7.42. The molecule has 0 aliphatic carbocycles. The van der Waals surface area contributed by atoms with Gasteiger partial charge in [-0.15, -0.1) is 10.2 Å². The number of rotatable bonds is 1. The Morgan fingerprint density at radius 2 is 2.33 bits per heavy atom. The van der Waals surface area contributed by atoms with Gasteiger partial charge in [0.2, 0.25) is 6.39 Å². The minimum atomic E-state index is 0.419. The monoisotopic (exact) mass is 225 g/mol. The maximum Gasteiger partial charge on any atom is 0.267 e. The van der Waals surface area contributed by atoms with Gasteiger partial charge in [0.1, 0.15) is 5.69 Å². The highest BCUT2D eigenvalue weighted by atomic mass is 79.9. The van der Waals surface area contributed by atoms with Crippen LogP contribution in [0.15, 0.2) is 33.6 Å². The van der Waals surface area contributed by atoms with Crippen LogP contribution in [-0.2, 0) is 0 Å². The molecule has 0 aromatic carbocycles. The van der Waals surface area contributed by atoms with Gasteiger partial charge in [-0.25, -0.2) is 4.98 Å². The summed E-state index contributed by atoms with van der Waals surface area (Å²) in [6.45, 7) is 0. The second-order valence-corrected chi connectivity index (χ2v) is 2.93. The summed E-state index contributed by atoms with van der Waals surface area (Å²) in [5.74, 6) is 0.419. The van der Waals surface area contributed by atoms with Crippen molar-refractivity contribution < 1.29 is 4.42 Å². The van der Waals surface area contributed by atoms with Gasteiger partial charge in [0.15, 0.2) is 0 Å². The lowest BCUT2D eigenvalue weighted by Crippen LogP contribution is -1.83. The molecular weight excluding hydrogens is 222 g/mol. The molecule has 12 heavy (non-hydrogen) atoms. The van der Waals surface area contributed by atoms with E-state index in [2.05, 4.69) is 31.1 Å². The molecular formula is C7H4BrN3O. The number of aromatic nitrogens is 3. The Hall–Kier alpha value is -1.23. The van der Waals surface area contributed by atoms with Crippen LogP contribution in [0.4, 0.5) is 0 Å². The van der Waals surface area contributed by atoms with Crippen molar-refractivity contribution in [3.8, 4) is 11.6 Å². The zero-order valence-corrected chi connectivity index (χ0v) is 7.52. The highest BCUT2D eigenvalue weighted by Crippen LogP contribution is 2.22. The molecule has 5 heteroatoms. The summed E-state index contributed by atoms with van der Waals surface area (Å²) in [6.07, 6.45) is 2.95. The molecule has 0 bridgehead atoms. The van der Waals surface area contributed by atoms with Gasteiger partial charge in [-0.2, -0.15) is 0 Å². The van der Waals surface area contributed by atoms with Crippen molar-refractivity contribution in [1.29, 1.82) is 0 Å². The topological polar surface area (TPSA) is 51.8 Å². The van der Waals surface area contributed by atoms with Gasteiger partial charge in [0.25, 0.3) is 5.89 Å². The maximum absolute atomic E-state index is 4.99. The van der Waals surface area contributed by atoms with Gasteiger partial charge >= 0.3 is 0 Å². The highest BCUT2D eigenvalue weighted by molar-refractivity contribution is 9.10. The standard InChI is InChI=1S/C7H4BrN3O/c8-5-2-1-3-9-6(5)7-11-10-4-12-7/h1-4H. The summed E-state index contributed by atoms with van der Waals surface area (Å²) in [5.41, 5.74) is 0.662. The number of halogens is 1. The zero-order chi connectivity index (χ0) is 8.39. The van der Waals surface area contributed by atoms with Crippen molar-refractivity contribution >= 4 is 15.9 Å². The molecule has 0 fully saturated rings. The van der Waals surface area contributed by atoms with E-state index in [1.165, 1.54) is 6.39 Å². The zero-order valence-electron chi connectivity index (χ0n) is 5.94. The van der Waals surface area contributed by atoms with Crippen molar-refractivity contribution in [1.82, 2.24) is 15.2 Å². The van der Waals surface area contributed by atoms with Crippen LogP contribution in [0.5, 0.6) is 0 Å². The summed E-state index contributed by atoms with van der Waals surface area (Å²) < 4.78 is 5.83. The third-order valence-corrected chi connectivity index (χ3v) is 1.96. The lowest BCUT2D eigenvalue weighted by Gasteiger charge is -1.94. The molecule has 0 saturated heterocycles. The van der Waals surface area contributed by atoms with E-state index in [9.17, 15) is 0 Å². The predicted molar refractivity (Wildman–Crippen MR) is 45.2 cm³/mol. The van der Waals surface area contributed by atoms with Gasteiger partial charge < -0.3 is 4.42 Å². The molecule has 2 rings (SSSR count). The second-order valence-electron chi connectivity index (χ2n) is 2.08. The van der Waals surface area contributed by atoms with Crippen LogP contribution in [0.1, 0.15) is 0 Å². The predicted octanol–water partition coefficient (Wildman–Crippen LogP) is 1.89. The normalized spacial score (nSPS) is 10.1. The molecule has 4 nitrogen and oxygen atoms in total. The van der Waals surface area contributed by atoms with Crippen molar-refractivity contribution in [3.05, 3.63) is 29.2 Å². The van der Waals surface area contributed by atoms with E-state index >= 15 is 0 Å². The van der Waals surface area contributed by atoms with E-state index in [1.807, 2.05) is 12.1 Å². The molecule has 0 N–H and O–H groups in total. The summed E-state index contributed by atoms with van der Waals surface area (Å²) in [4.78, 5) is 4.08. The fraction of sp³-hybridized carbons (Fsp3) is 0. The largest absolute Gasteiger partial charge is 0.422 e. The fourth-order valence-electron chi connectivity index (χ4n) is 0.819. The van der Waals surface area contributed by atoms with Crippen LogP contribution in [0.25, 0.3) is 11.6 Å². The molecule has 0 aliphatic heterocycles.